The number of aryl methyl sites for hydroxylation is 1. The minimum absolute atomic E-state index is 0.305. The molecule has 0 atom stereocenters. The van der Waals surface area contributed by atoms with E-state index in [1.807, 2.05) is 49.4 Å². The zero-order valence-corrected chi connectivity index (χ0v) is 16.5. The van der Waals surface area contributed by atoms with Gasteiger partial charge in [0.1, 0.15) is 17.3 Å². The first-order chi connectivity index (χ1) is 13.5. The van der Waals surface area contributed by atoms with Crippen LogP contribution in [0.15, 0.2) is 71.8 Å². The molecule has 2 N–H and O–H groups in total. The molecule has 0 aliphatic heterocycles. The molecule has 0 saturated heterocycles. The van der Waals surface area contributed by atoms with E-state index >= 15 is 0 Å². The largest absolute Gasteiger partial charge is 0.457 e. The van der Waals surface area contributed by atoms with Crippen molar-refractivity contribution in [1.82, 2.24) is 5.43 Å². The van der Waals surface area contributed by atoms with Crippen LogP contribution in [0.4, 0.5) is 10.1 Å². The molecule has 0 heterocycles. The first kappa shape index (κ1) is 19.8. The average Bonchev–Trinajstić information content (AvgIpc) is 2.68. The van der Waals surface area contributed by atoms with Crippen LogP contribution in [0.3, 0.4) is 0 Å². The van der Waals surface area contributed by atoms with E-state index in [1.165, 1.54) is 12.1 Å². The van der Waals surface area contributed by atoms with Gasteiger partial charge in [-0.25, -0.2) is 4.39 Å². The van der Waals surface area contributed by atoms with Crippen molar-refractivity contribution in [1.29, 1.82) is 0 Å². The molecule has 0 fully saturated rings. The quantitative estimate of drug-likeness (QED) is 0.310. The fourth-order valence-electron chi connectivity index (χ4n) is 2.30. The van der Waals surface area contributed by atoms with Crippen LogP contribution < -0.4 is 15.5 Å². The fraction of sp³-hybridized carbons (Fsp3) is 0.0476. The van der Waals surface area contributed by atoms with Crippen LogP contribution in [0.2, 0.25) is 5.02 Å². The Kier molecular flexibility index (Phi) is 6.57. The topological polar surface area (TPSA) is 45.6 Å². The molecule has 28 heavy (non-hydrogen) atoms. The SMILES string of the molecule is Cc1cc(Oc2ccc(/C=N/NC(=S)Nc3ccc(F)cc3)cc2)ccc1Cl. The van der Waals surface area contributed by atoms with Gasteiger partial charge in [0.05, 0.1) is 6.21 Å². The molecule has 0 amide bonds. The molecule has 3 rings (SSSR count). The maximum Gasteiger partial charge on any atom is 0.191 e. The molecular formula is C21H17ClFN3OS. The van der Waals surface area contributed by atoms with E-state index in [2.05, 4.69) is 15.8 Å². The Morgan fingerprint density at radius 1 is 1.04 bits per heavy atom. The summed E-state index contributed by atoms with van der Waals surface area (Å²) in [6.45, 7) is 1.93. The van der Waals surface area contributed by atoms with E-state index in [1.54, 1.807) is 18.3 Å². The number of hydrogen-bond acceptors (Lipinski definition) is 3. The van der Waals surface area contributed by atoms with E-state index in [9.17, 15) is 4.39 Å². The second-order valence-electron chi connectivity index (χ2n) is 5.91. The number of anilines is 1. The number of thiocarbonyl (C=S) groups is 1. The highest BCUT2D eigenvalue weighted by Crippen LogP contribution is 2.25. The summed E-state index contributed by atoms with van der Waals surface area (Å²) >= 11 is 11.2. The number of ether oxygens (including phenoxy) is 1. The van der Waals surface area contributed by atoms with Crippen molar-refractivity contribution in [2.45, 2.75) is 6.92 Å². The molecular weight excluding hydrogens is 397 g/mol. The van der Waals surface area contributed by atoms with Crippen molar-refractivity contribution >= 4 is 40.8 Å². The highest BCUT2D eigenvalue weighted by molar-refractivity contribution is 7.80. The highest BCUT2D eigenvalue weighted by atomic mass is 35.5. The number of hydrogen-bond donors (Lipinski definition) is 2. The van der Waals surface area contributed by atoms with Crippen LogP contribution in [0.5, 0.6) is 11.5 Å². The number of nitrogens with zero attached hydrogens (tertiary/aromatic N) is 1. The van der Waals surface area contributed by atoms with Crippen LogP contribution in [-0.2, 0) is 0 Å². The standard InChI is InChI=1S/C21H17ClFN3OS/c1-14-12-19(10-11-20(14)22)27-18-8-2-15(3-9-18)13-24-26-21(28)25-17-6-4-16(23)5-7-17/h2-13H,1H3,(H2,25,26,28)/b24-13+. The van der Waals surface area contributed by atoms with Crippen molar-refractivity contribution in [3.63, 3.8) is 0 Å². The molecule has 0 aliphatic carbocycles. The summed E-state index contributed by atoms with van der Waals surface area (Å²) in [5.41, 5.74) is 5.22. The Balaban J connectivity index is 1.52. The van der Waals surface area contributed by atoms with Crippen LogP contribution in [-0.4, -0.2) is 11.3 Å². The monoisotopic (exact) mass is 413 g/mol. The van der Waals surface area contributed by atoms with Crippen molar-refractivity contribution in [2.75, 3.05) is 5.32 Å². The molecule has 0 spiro atoms. The van der Waals surface area contributed by atoms with Crippen molar-refractivity contribution < 1.29 is 9.13 Å². The Hall–Kier alpha value is -2.96. The van der Waals surface area contributed by atoms with E-state index in [0.717, 1.165) is 16.9 Å². The van der Waals surface area contributed by atoms with E-state index < -0.39 is 0 Å². The average molecular weight is 414 g/mol. The van der Waals surface area contributed by atoms with Gasteiger partial charge in [0.25, 0.3) is 0 Å². The van der Waals surface area contributed by atoms with Crippen molar-refractivity contribution in [3.05, 3.63) is 88.7 Å². The summed E-state index contributed by atoms with van der Waals surface area (Å²) in [4.78, 5) is 0. The van der Waals surface area contributed by atoms with Gasteiger partial charge in [-0.2, -0.15) is 5.10 Å². The minimum atomic E-state index is -0.305. The molecule has 0 saturated carbocycles. The van der Waals surface area contributed by atoms with Gasteiger partial charge in [-0.15, -0.1) is 0 Å². The lowest BCUT2D eigenvalue weighted by molar-refractivity contribution is 0.482. The molecule has 3 aromatic carbocycles. The maximum absolute atomic E-state index is 12.9. The van der Waals surface area contributed by atoms with Crippen molar-refractivity contribution in [2.24, 2.45) is 5.10 Å². The predicted octanol–water partition coefficient (Wildman–Crippen LogP) is 5.90. The molecule has 0 unspecified atom stereocenters. The molecule has 142 valence electrons. The zero-order chi connectivity index (χ0) is 19.9. The summed E-state index contributed by atoms with van der Waals surface area (Å²) in [5.74, 6) is 1.13. The van der Waals surface area contributed by atoms with Gasteiger partial charge in [-0.1, -0.05) is 11.6 Å². The summed E-state index contributed by atoms with van der Waals surface area (Å²) in [6.07, 6.45) is 1.63. The van der Waals surface area contributed by atoms with E-state index in [4.69, 9.17) is 28.6 Å². The zero-order valence-electron chi connectivity index (χ0n) is 14.9. The number of halogens is 2. The summed E-state index contributed by atoms with van der Waals surface area (Å²) in [7, 11) is 0. The summed E-state index contributed by atoms with van der Waals surface area (Å²) in [6, 6.07) is 18.8. The highest BCUT2D eigenvalue weighted by Gasteiger charge is 2.01. The van der Waals surface area contributed by atoms with Gasteiger partial charge in [-0.3, -0.25) is 5.43 Å². The van der Waals surface area contributed by atoms with Crippen LogP contribution in [0, 0.1) is 12.7 Å². The third kappa shape index (κ3) is 5.77. The second kappa shape index (κ2) is 9.30. The Bertz CT molecular complexity index is 992. The van der Waals surface area contributed by atoms with Crippen LogP contribution in [0.25, 0.3) is 0 Å². The third-order valence-corrected chi connectivity index (χ3v) is 4.34. The Labute approximate surface area is 173 Å². The lowest BCUT2D eigenvalue weighted by Crippen LogP contribution is -2.23. The third-order valence-electron chi connectivity index (χ3n) is 3.73. The van der Waals surface area contributed by atoms with E-state index in [0.29, 0.717) is 21.6 Å². The molecule has 4 nitrogen and oxygen atoms in total. The Morgan fingerprint density at radius 2 is 1.71 bits per heavy atom. The minimum Gasteiger partial charge on any atom is -0.457 e. The predicted molar refractivity (Wildman–Crippen MR) is 116 cm³/mol. The van der Waals surface area contributed by atoms with Gasteiger partial charge in [0, 0.05) is 10.7 Å². The number of benzene rings is 3. The van der Waals surface area contributed by atoms with Crippen LogP contribution in [0.1, 0.15) is 11.1 Å². The number of rotatable bonds is 5. The first-order valence-corrected chi connectivity index (χ1v) is 9.18. The van der Waals surface area contributed by atoms with Crippen LogP contribution >= 0.6 is 23.8 Å². The maximum atomic E-state index is 12.9. The fourth-order valence-corrected chi connectivity index (χ4v) is 2.58. The smallest absolute Gasteiger partial charge is 0.191 e. The van der Waals surface area contributed by atoms with E-state index in [-0.39, 0.29) is 5.82 Å². The first-order valence-electron chi connectivity index (χ1n) is 8.39. The second-order valence-corrected chi connectivity index (χ2v) is 6.73. The molecule has 3 aromatic rings. The lowest BCUT2D eigenvalue weighted by Gasteiger charge is -2.08. The van der Waals surface area contributed by atoms with Gasteiger partial charge in [0.2, 0.25) is 0 Å². The van der Waals surface area contributed by atoms with Gasteiger partial charge < -0.3 is 10.1 Å². The molecule has 0 aliphatic rings. The number of nitrogens with one attached hydrogen (secondary N) is 2. The van der Waals surface area contributed by atoms with Gasteiger partial charge >= 0.3 is 0 Å². The summed E-state index contributed by atoms with van der Waals surface area (Å²) in [5, 5.41) is 8.01. The lowest BCUT2D eigenvalue weighted by atomic mass is 10.2. The van der Waals surface area contributed by atoms with Gasteiger partial charge in [0.15, 0.2) is 5.11 Å². The molecule has 7 heteroatoms. The van der Waals surface area contributed by atoms with Gasteiger partial charge in [-0.05, 0) is 97.0 Å². The molecule has 0 radical (unpaired) electrons. The number of hydrazone groups is 1. The van der Waals surface area contributed by atoms with Crippen molar-refractivity contribution in [3.8, 4) is 11.5 Å². The molecule has 0 aromatic heterocycles. The normalized spacial score (nSPS) is 10.7. The molecule has 0 bridgehead atoms. The Morgan fingerprint density at radius 3 is 2.39 bits per heavy atom. The summed E-state index contributed by atoms with van der Waals surface area (Å²) < 4.78 is 18.7.